The SMILES string of the molecule is [C-]#[N+]c1cc(C(O)CC(O)C(F)(F)F)ccn1.[Cu]. The molecule has 0 amide bonds. The molecule has 2 atom stereocenters. The normalized spacial score (nSPS) is 14.2. The first kappa shape index (κ1) is 16.9. The molecule has 0 bridgehead atoms. The van der Waals surface area contributed by atoms with Gasteiger partial charge in [-0.25, -0.2) is 0 Å². The van der Waals surface area contributed by atoms with Gasteiger partial charge in [0.05, 0.1) is 6.10 Å². The van der Waals surface area contributed by atoms with Crippen molar-refractivity contribution in [1.29, 1.82) is 0 Å². The van der Waals surface area contributed by atoms with Gasteiger partial charge in [-0.15, -0.1) is 4.98 Å². The molecule has 0 saturated carbocycles. The second-order valence-electron chi connectivity index (χ2n) is 3.37. The third-order valence-electron chi connectivity index (χ3n) is 2.09. The average molecular weight is 310 g/mol. The Morgan fingerprint density at radius 3 is 2.50 bits per heavy atom. The Hall–Kier alpha value is -1.13. The third-order valence-corrected chi connectivity index (χ3v) is 2.09. The summed E-state index contributed by atoms with van der Waals surface area (Å²) in [5.41, 5.74) is 0.120. The molecule has 1 aromatic heterocycles. The zero-order valence-corrected chi connectivity index (χ0v) is 9.76. The number of aromatic nitrogens is 1. The van der Waals surface area contributed by atoms with Crippen molar-refractivity contribution >= 4 is 5.82 Å². The van der Waals surface area contributed by atoms with E-state index in [1.165, 1.54) is 18.3 Å². The van der Waals surface area contributed by atoms with Crippen LogP contribution in [0.2, 0.25) is 0 Å². The minimum absolute atomic E-state index is 0. The van der Waals surface area contributed by atoms with Crippen LogP contribution in [0.1, 0.15) is 18.1 Å². The van der Waals surface area contributed by atoms with Crippen LogP contribution in [-0.2, 0) is 17.1 Å². The summed E-state index contributed by atoms with van der Waals surface area (Å²) in [4.78, 5) is 6.60. The maximum absolute atomic E-state index is 12.0. The molecular weight excluding hydrogens is 301 g/mol. The van der Waals surface area contributed by atoms with Gasteiger partial charge in [0.25, 0.3) is 5.82 Å². The van der Waals surface area contributed by atoms with E-state index in [9.17, 15) is 18.3 Å². The van der Waals surface area contributed by atoms with Gasteiger partial charge in [0, 0.05) is 23.5 Å². The van der Waals surface area contributed by atoms with E-state index >= 15 is 0 Å². The first-order valence-corrected chi connectivity index (χ1v) is 4.61. The van der Waals surface area contributed by atoms with Gasteiger partial charge >= 0.3 is 6.18 Å². The van der Waals surface area contributed by atoms with Crippen LogP contribution in [0.5, 0.6) is 0 Å². The van der Waals surface area contributed by atoms with Crippen LogP contribution in [0.25, 0.3) is 4.85 Å². The fraction of sp³-hybridized carbons (Fsp3) is 0.400. The van der Waals surface area contributed by atoms with E-state index in [0.717, 1.165) is 0 Å². The van der Waals surface area contributed by atoms with Crippen LogP contribution in [0.3, 0.4) is 0 Å². The van der Waals surface area contributed by atoms with E-state index in [1.807, 2.05) is 0 Å². The molecule has 0 saturated heterocycles. The second-order valence-corrected chi connectivity index (χ2v) is 3.37. The summed E-state index contributed by atoms with van der Waals surface area (Å²) < 4.78 is 36.1. The molecular formula is C10H9CuF3N2O2. The van der Waals surface area contributed by atoms with E-state index in [4.69, 9.17) is 11.7 Å². The largest absolute Gasteiger partial charge is 0.414 e. The number of pyridine rings is 1. The van der Waals surface area contributed by atoms with Crippen molar-refractivity contribution in [1.82, 2.24) is 4.98 Å². The average Bonchev–Trinajstić information content (AvgIpc) is 2.27. The van der Waals surface area contributed by atoms with Crippen LogP contribution in [0.15, 0.2) is 18.3 Å². The zero-order valence-electron chi connectivity index (χ0n) is 8.82. The summed E-state index contributed by atoms with van der Waals surface area (Å²) in [6.07, 6.45) is -8.51. The van der Waals surface area contributed by atoms with Gasteiger partial charge in [-0.2, -0.15) is 13.2 Å². The first-order chi connectivity index (χ1) is 7.84. The van der Waals surface area contributed by atoms with Crippen LogP contribution >= 0.6 is 0 Å². The molecule has 18 heavy (non-hydrogen) atoms. The smallest absolute Gasteiger partial charge is 0.388 e. The van der Waals surface area contributed by atoms with Crippen molar-refractivity contribution in [3.63, 3.8) is 0 Å². The molecule has 2 unspecified atom stereocenters. The van der Waals surface area contributed by atoms with Crippen LogP contribution in [0, 0.1) is 6.57 Å². The molecule has 0 aliphatic rings. The van der Waals surface area contributed by atoms with Gasteiger partial charge in [0.1, 0.15) is 6.20 Å². The Morgan fingerprint density at radius 2 is 2.00 bits per heavy atom. The summed E-state index contributed by atoms with van der Waals surface area (Å²) in [6, 6.07) is 2.48. The molecule has 1 rings (SSSR count). The first-order valence-electron chi connectivity index (χ1n) is 4.61. The number of nitrogens with zero attached hydrogens (tertiary/aromatic N) is 2. The van der Waals surface area contributed by atoms with Crippen LogP contribution < -0.4 is 0 Å². The molecule has 8 heteroatoms. The Kier molecular flexibility index (Phi) is 6.29. The molecule has 0 fully saturated rings. The van der Waals surface area contributed by atoms with Gasteiger partial charge in [-0.3, -0.25) is 0 Å². The Morgan fingerprint density at radius 1 is 1.39 bits per heavy atom. The molecule has 103 valence electrons. The quantitative estimate of drug-likeness (QED) is 0.663. The molecule has 2 N–H and O–H groups in total. The molecule has 0 spiro atoms. The minimum Gasteiger partial charge on any atom is -0.388 e. The number of halogens is 3. The molecule has 1 radical (unpaired) electrons. The molecule has 1 heterocycles. The summed E-state index contributed by atoms with van der Waals surface area (Å²) in [5, 5.41) is 18.3. The number of hydrogen-bond acceptors (Lipinski definition) is 3. The number of rotatable bonds is 3. The molecule has 0 aromatic carbocycles. The maximum atomic E-state index is 12.0. The molecule has 4 nitrogen and oxygen atoms in total. The van der Waals surface area contributed by atoms with Crippen LogP contribution in [-0.4, -0.2) is 27.5 Å². The second kappa shape index (κ2) is 6.71. The number of aliphatic hydroxyl groups is 2. The van der Waals surface area contributed by atoms with Gasteiger partial charge in [0.15, 0.2) is 6.10 Å². The zero-order chi connectivity index (χ0) is 13.1. The van der Waals surface area contributed by atoms with Crippen molar-refractivity contribution in [2.45, 2.75) is 24.8 Å². The standard InChI is InChI=1S/C10H9F3N2O2.Cu/c1-14-9-4-6(2-3-15-9)7(16)5-8(17)10(11,12)13;/h2-4,7-8,16-17H,5H2;. The fourth-order valence-electron chi connectivity index (χ4n) is 1.18. The van der Waals surface area contributed by atoms with E-state index < -0.39 is 24.8 Å². The third kappa shape index (κ3) is 4.62. The molecule has 0 aliphatic carbocycles. The van der Waals surface area contributed by atoms with E-state index in [1.54, 1.807) is 0 Å². The Bertz CT molecular complexity index is 434. The summed E-state index contributed by atoms with van der Waals surface area (Å²) in [7, 11) is 0. The van der Waals surface area contributed by atoms with Gasteiger partial charge < -0.3 is 15.1 Å². The molecule has 0 aliphatic heterocycles. The summed E-state index contributed by atoms with van der Waals surface area (Å²) in [6.45, 7) is 6.67. The number of hydrogen-bond donors (Lipinski definition) is 2. The number of alkyl halides is 3. The van der Waals surface area contributed by atoms with Gasteiger partial charge in [-0.05, 0) is 17.7 Å². The van der Waals surface area contributed by atoms with Crippen molar-refractivity contribution in [3.8, 4) is 0 Å². The van der Waals surface area contributed by atoms with Gasteiger partial charge in [0.2, 0.25) is 0 Å². The minimum atomic E-state index is -4.77. The molecule has 1 aromatic rings. The Labute approximate surface area is 112 Å². The predicted octanol–water partition coefficient (Wildman–Crippen LogP) is 1.98. The van der Waals surface area contributed by atoms with E-state index in [0.29, 0.717) is 0 Å². The number of aliphatic hydroxyl groups excluding tert-OH is 2. The van der Waals surface area contributed by atoms with Gasteiger partial charge in [-0.1, -0.05) is 6.57 Å². The topological polar surface area (TPSA) is 57.7 Å². The van der Waals surface area contributed by atoms with Crippen LogP contribution in [0.4, 0.5) is 19.0 Å². The van der Waals surface area contributed by atoms with Crippen molar-refractivity contribution in [2.75, 3.05) is 0 Å². The van der Waals surface area contributed by atoms with Crippen molar-refractivity contribution in [3.05, 3.63) is 35.3 Å². The van der Waals surface area contributed by atoms with Crippen molar-refractivity contribution < 1.29 is 40.5 Å². The summed E-state index contributed by atoms with van der Waals surface area (Å²) in [5.74, 6) is -0.0250. The summed E-state index contributed by atoms with van der Waals surface area (Å²) >= 11 is 0. The van der Waals surface area contributed by atoms with E-state index in [-0.39, 0.29) is 28.4 Å². The fourth-order valence-corrected chi connectivity index (χ4v) is 1.18. The van der Waals surface area contributed by atoms with E-state index in [2.05, 4.69) is 9.83 Å². The Balaban J connectivity index is 0.00000289. The monoisotopic (exact) mass is 309 g/mol. The predicted molar refractivity (Wildman–Crippen MR) is 52.1 cm³/mol. The maximum Gasteiger partial charge on any atom is 0.414 e. The van der Waals surface area contributed by atoms with Crippen molar-refractivity contribution in [2.24, 2.45) is 0 Å².